The molecule has 0 unspecified atom stereocenters. The summed E-state index contributed by atoms with van der Waals surface area (Å²) in [7, 11) is 1.51. The van der Waals surface area contributed by atoms with Gasteiger partial charge in [0.05, 0.1) is 13.7 Å². The van der Waals surface area contributed by atoms with E-state index in [9.17, 15) is 14.3 Å². The standard InChI is InChI=1S/C17H13ClFN3O3/c1-25-11-5-2-4-10(8-11)16-15(17(23)24)20-21-22(16)9-12-13(18)6-3-7-14(12)19/h2-8H,9H2,1H3,(H,23,24). The Morgan fingerprint density at radius 1 is 1.32 bits per heavy atom. The summed E-state index contributed by atoms with van der Waals surface area (Å²) in [4.78, 5) is 11.5. The van der Waals surface area contributed by atoms with Gasteiger partial charge < -0.3 is 9.84 Å². The fraction of sp³-hybridized carbons (Fsp3) is 0.118. The minimum atomic E-state index is -1.23. The van der Waals surface area contributed by atoms with E-state index in [-0.39, 0.29) is 28.5 Å². The first-order valence-electron chi connectivity index (χ1n) is 7.25. The van der Waals surface area contributed by atoms with Gasteiger partial charge in [-0.2, -0.15) is 0 Å². The average Bonchev–Trinajstić information content (AvgIpc) is 3.02. The Kier molecular flexibility index (Phi) is 4.67. The van der Waals surface area contributed by atoms with Gasteiger partial charge in [0.2, 0.25) is 0 Å². The number of methoxy groups -OCH3 is 1. The minimum absolute atomic E-state index is 0.0572. The summed E-state index contributed by atoms with van der Waals surface area (Å²) < 4.78 is 20.6. The molecule has 0 amide bonds. The van der Waals surface area contributed by atoms with Gasteiger partial charge in [-0.05, 0) is 24.3 Å². The van der Waals surface area contributed by atoms with Crippen LogP contribution in [0.25, 0.3) is 11.3 Å². The predicted molar refractivity (Wildman–Crippen MR) is 89.5 cm³/mol. The van der Waals surface area contributed by atoms with Crippen LogP contribution in [0.1, 0.15) is 16.1 Å². The van der Waals surface area contributed by atoms with Gasteiger partial charge in [-0.3, -0.25) is 0 Å². The highest BCUT2D eigenvalue weighted by Crippen LogP contribution is 2.28. The van der Waals surface area contributed by atoms with Crippen LogP contribution < -0.4 is 4.74 Å². The van der Waals surface area contributed by atoms with Gasteiger partial charge in [-0.1, -0.05) is 35.0 Å². The quantitative estimate of drug-likeness (QED) is 0.752. The van der Waals surface area contributed by atoms with E-state index in [0.717, 1.165) is 0 Å². The van der Waals surface area contributed by atoms with Gasteiger partial charge >= 0.3 is 5.97 Å². The molecule has 0 bridgehead atoms. The maximum absolute atomic E-state index is 14.1. The van der Waals surface area contributed by atoms with E-state index in [1.165, 1.54) is 23.9 Å². The number of halogens is 2. The third-order valence-corrected chi connectivity index (χ3v) is 4.00. The van der Waals surface area contributed by atoms with Crippen LogP contribution in [0, 0.1) is 5.82 Å². The topological polar surface area (TPSA) is 77.2 Å². The number of rotatable bonds is 5. The monoisotopic (exact) mass is 361 g/mol. The van der Waals surface area contributed by atoms with Crippen LogP contribution in [0.5, 0.6) is 5.75 Å². The van der Waals surface area contributed by atoms with Crippen LogP contribution >= 0.6 is 11.6 Å². The van der Waals surface area contributed by atoms with Gasteiger partial charge in [-0.15, -0.1) is 5.10 Å². The molecule has 0 fully saturated rings. The molecule has 0 saturated carbocycles. The van der Waals surface area contributed by atoms with Gasteiger partial charge in [0.1, 0.15) is 17.3 Å². The largest absolute Gasteiger partial charge is 0.497 e. The average molecular weight is 362 g/mol. The van der Waals surface area contributed by atoms with E-state index >= 15 is 0 Å². The van der Waals surface area contributed by atoms with Crippen molar-refractivity contribution in [3.05, 3.63) is 64.6 Å². The molecule has 0 aliphatic heterocycles. The molecule has 128 valence electrons. The molecule has 1 aromatic heterocycles. The van der Waals surface area contributed by atoms with E-state index in [0.29, 0.717) is 11.3 Å². The third-order valence-electron chi connectivity index (χ3n) is 3.65. The van der Waals surface area contributed by atoms with Crippen LogP contribution in [0.3, 0.4) is 0 Å². The number of benzene rings is 2. The van der Waals surface area contributed by atoms with Crippen molar-refractivity contribution < 1.29 is 19.0 Å². The van der Waals surface area contributed by atoms with Crippen LogP contribution in [0.2, 0.25) is 5.02 Å². The van der Waals surface area contributed by atoms with Crippen molar-refractivity contribution in [3.63, 3.8) is 0 Å². The molecule has 0 radical (unpaired) electrons. The molecule has 0 aliphatic rings. The Bertz CT molecular complexity index is 922. The number of carboxylic acids is 1. The summed E-state index contributed by atoms with van der Waals surface area (Å²) in [6, 6.07) is 11.1. The number of ether oxygens (including phenoxy) is 1. The normalized spacial score (nSPS) is 10.7. The molecule has 1 N–H and O–H groups in total. The Morgan fingerprint density at radius 3 is 2.76 bits per heavy atom. The predicted octanol–water partition coefficient (Wildman–Crippen LogP) is 3.49. The lowest BCUT2D eigenvalue weighted by Gasteiger charge is -2.10. The van der Waals surface area contributed by atoms with Crippen LogP contribution in [0.4, 0.5) is 4.39 Å². The Balaban J connectivity index is 2.13. The zero-order valence-electron chi connectivity index (χ0n) is 13.1. The molecular weight excluding hydrogens is 349 g/mol. The molecule has 0 aliphatic carbocycles. The summed E-state index contributed by atoms with van der Waals surface area (Å²) in [5.74, 6) is -1.19. The molecule has 8 heteroatoms. The molecule has 0 spiro atoms. The first-order chi connectivity index (χ1) is 12.0. The van der Waals surface area contributed by atoms with Crippen LogP contribution in [0.15, 0.2) is 42.5 Å². The molecule has 3 rings (SSSR count). The van der Waals surface area contributed by atoms with E-state index < -0.39 is 11.8 Å². The lowest BCUT2D eigenvalue weighted by molar-refractivity contribution is 0.0691. The molecular formula is C17H13ClFN3O3. The second kappa shape index (κ2) is 6.90. The van der Waals surface area contributed by atoms with Crippen molar-refractivity contribution in [2.75, 3.05) is 7.11 Å². The van der Waals surface area contributed by atoms with Crippen molar-refractivity contribution in [1.82, 2.24) is 15.0 Å². The smallest absolute Gasteiger partial charge is 0.358 e. The summed E-state index contributed by atoms with van der Waals surface area (Å²) in [6.07, 6.45) is 0. The lowest BCUT2D eigenvalue weighted by Crippen LogP contribution is -2.08. The fourth-order valence-electron chi connectivity index (χ4n) is 2.46. The zero-order valence-corrected chi connectivity index (χ0v) is 13.9. The highest BCUT2D eigenvalue weighted by atomic mass is 35.5. The van der Waals surface area contributed by atoms with Crippen molar-refractivity contribution in [2.45, 2.75) is 6.54 Å². The van der Waals surface area contributed by atoms with E-state index in [2.05, 4.69) is 10.3 Å². The Hall–Kier alpha value is -2.93. The maximum atomic E-state index is 14.1. The zero-order chi connectivity index (χ0) is 18.0. The number of hydrogen-bond donors (Lipinski definition) is 1. The Morgan fingerprint density at radius 2 is 2.08 bits per heavy atom. The van der Waals surface area contributed by atoms with Crippen molar-refractivity contribution in [2.24, 2.45) is 0 Å². The fourth-order valence-corrected chi connectivity index (χ4v) is 2.68. The summed E-state index contributed by atoms with van der Waals surface area (Å²) in [6.45, 7) is -0.0572. The second-order valence-corrected chi connectivity index (χ2v) is 5.59. The molecule has 0 saturated heterocycles. The first kappa shape index (κ1) is 16.9. The molecule has 6 nitrogen and oxygen atoms in total. The van der Waals surface area contributed by atoms with Crippen LogP contribution in [-0.2, 0) is 6.54 Å². The molecule has 25 heavy (non-hydrogen) atoms. The van der Waals surface area contributed by atoms with E-state index in [4.69, 9.17) is 16.3 Å². The van der Waals surface area contributed by atoms with Gasteiger partial charge in [0, 0.05) is 16.1 Å². The number of hydrogen-bond acceptors (Lipinski definition) is 4. The number of aromatic nitrogens is 3. The van der Waals surface area contributed by atoms with Gasteiger partial charge in [0.25, 0.3) is 0 Å². The van der Waals surface area contributed by atoms with Crippen LogP contribution in [-0.4, -0.2) is 33.2 Å². The maximum Gasteiger partial charge on any atom is 0.358 e. The molecule has 2 aromatic carbocycles. The SMILES string of the molecule is COc1cccc(-c2c(C(=O)O)nnn2Cc2c(F)cccc2Cl)c1. The minimum Gasteiger partial charge on any atom is -0.497 e. The number of nitrogens with zero attached hydrogens (tertiary/aromatic N) is 3. The van der Waals surface area contributed by atoms with Gasteiger partial charge in [0.15, 0.2) is 5.69 Å². The number of carboxylic acid groups (broad SMARTS) is 1. The first-order valence-corrected chi connectivity index (χ1v) is 7.63. The highest BCUT2D eigenvalue weighted by molar-refractivity contribution is 6.31. The summed E-state index contributed by atoms with van der Waals surface area (Å²) >= 11 is 6.06. The number of aromatic carboxylic acids is 1. The van der Waals surface area contributed by atoms with Crippen molar-refractivity contribution in [1.29, 1.82) is 0 Å². The summed E-state index contributed by atoms with van der Waals surface area (Å²) in [5.41, 5.74) is 0.746. The number of carbonyl (C=O) groups is 1. The third kappa shape index (κ3) is 3.32. The summed E-state index contributed by atoms with van der Waals surface area (Å²) in [5, 5.41) is 17.2. The van der Waals surface area contributed by atoms with Gasteiger partial charge in [-0.25, -0.2) is 13.9 Å². The molecule has 0 atom stereocenters. The molecule has 1 heterocycles. The Labute approximate surface area is 147 Å². The lowest BCUT2D eigenvalue weighted by atomic mass is 10.1. The van der Waals surface area contributed by atoms with Crippen molar-refractivity contribution >= 4 is 17.6 Å². The van der Waals surface area contributed by atoms with E-state index in [1.807, 2.05) is 0 Å². The van der Waals surface area contributed by atoms with E-state index in [1.54, 1.807) is 30.3 Å². The molecule has 3 aromatic rings. The van der Waals surface area contributed by atoms with Crippen molar-refractivity contribution in [3.8, 4) is 17.0 Å². The highest BCUT2D eigenvalue weighted by Gasteiger charge is 2.22. The second-order valence-electron chi connectivity index (χ2n) is 5.18.